The number of carbonyl (C=O) groups is 1. The summed E-state index contributed by atoms with van der Waals surface area (Å²) in [7, 11) is 1.60. The average molecular weight is 394 g/mol. The predicted octanol–water partition coefficient (Wildman–Crippen LogP) is 4.91. The van der Waals surface area contributed by atoms with Crippen LogP contribution in [0.3, 0.4) is 0 Å². The van der Waals surface area contributed by atoms with Crippen molar-refractivity contribution in [1.29, 1.82) is 0 Å². The van der Waals surface area contributed by atoms with Crippen molar-refractivity contribution in [1.82, 2.24) is 0 Å². The van der Waals surface area contributed by atoms with Gasteiger partial charge >= 0.3 is 0 Å². The van der Waals surface area contributed by atoms with Crippen molar-refractivity contribution < 1.29 is 23.7 Å². The number of allylic oxidation sites excluding steroid dienone is 1. The second-order valence-electron chi connectivity index (χ2n) is 7.50. The molecule has 0 saturated carbocycles. The Balaban J connectivity index is 1.65. The number of carbonyl (C=O) groups excluding carboxylic acids is 1. The van der Waals surface area contributed by atoms with Gasteiger partial charge in [0.25, 0.3) is 0 Å². The molecule has 3 atom stereocenters. The second kappa shape index (κ2) is 8.39. The van der Waals surface area contributed by atoms with Gasteiger partial charge in [0.2, 0.25) is 0 Å². The third kappa shape index (κ3) is 4.07. The van der Waals surface area contributed by atoms with Crippen LogP contribution in [0.15, 0.2) is 42.5 Å². The molecule has 0 N–H and O–H groups in total. The normalized spacial score (nSPS) is 21.3. The maximum atomic E-state index is 12.6. The van der Waals surface area contributed by atoms with Crippen molar-refractivity contribution in [3.05, 3.63) is 64.7 Å². The topological polar surface area (TPSA) is 54.0 Å². The van der Waals surface area contributed by atoms with Crippen LogP contribution in [0.5, 0.6) is 11.5 Å². The maximum absolute atomic E-state index is 12.6. The van der Waals surface area contributed by atoms with Crippen molar-refractivity contribution in [2.75, 3.05) is 20.3 Å². The fourth-order valence-electron chi connectivity index (χ4n) is 3.62. The van der Waals surface area contributed by atoms with Crippen LogP contribution in [-0.4, -0.2) is 32.2 Å². The number of rotatable bonds is 6. The molecule has 2 bridgehead atoms. The zero-order chi connectivity index (χ0) is 20.4. The molecule has 2 aromatic rings. The predicted molar refractivity (Wildman–Crippen MR) is 111 cm³/mol. The lowest BCUT2D eigenvalue weighted by molar-refractivity contribution is -0.0579. The van der Waals surface area contributed by atoms with E-state index in [1.54, 1.807) is 37.5 Å². The molecular formula is C24H26O5. The van der Waals surface area contributed by atoms with Crippen molar-refractivity contribution in [2.24, 2.45) is 0 Å². The highest BCUT2D eigenvalue weighted by Crippen LogP contribution is 2.42. The zero-order valence-corrected chi connectivity index (χ0v) is 17.0. The largest absolute Gasteiger partial charge is 0.497 e. The molecule has 5 nitrogen and oxygen atoms in total. The highest BCUT2D eigenvalue weighted by atomic mass is 16.7. The van der Waals surface area contributed by atoms with Gasteiger partial charge in [-0.25, -0.2) is 0 Å². The summed E-state index contributed by atoms with van der Waals surface area (Å²) in [6.07, 6.45) is 3.99. The number of hydrogen-bond acceptors (Lipinski definition) is 5. The first-order valence-electron chi connectivity index (χ1n) is 10.0. The first kappa shape index (κ1) is 19.7. The van der Waals surface area contributed by atoms with Crippen LogP contribution in [0, 0.1) is 0 Å². The lowest BCUT2D eigenvalue weighted by Gasteiger charge is -2.21. The maximum Gasteiger partial charge on any atom is 0.188 e. The number of benzene rings is 2. The summed E-state index contributed by atoms with van der Waals surface area (Å²) in [5.74, 6) is 1.86. The van der Waals surface area contributed by atoms with Crippen LogP contribution in [0.1, 0.15) is 59.5 Å². The van der Waals surface area contributed by atoms with E-state index in [2.05, 4.69) is 19.9 Å². The molecule has 4 rings (SSSR count). The molecule has 152 valence electrons. The first-order valence-corrected chi connectivity index (χ1v) is 10.0. The van der Waals surface area contributed by atoms with Gasteiger partial charge < -0.3 is 18.9 Å². The molecule has 3 unspecified atom stereocenters. The van der Waals surface area contributed by atoms with E-state index < -0.39 is 6.29 Å². The first-order chi connectivity index (χ1) is 14.1. The fraction of sp³-hybridized carbons (Fsp3) is 0.375. The monoisotopic (exact) mass is 394 g/mol. The quantitative estimate of drug-likeness (QED) is 0.515. The Labute approximate surface area is 171 Å². The minimum Gasteiger partial charge on any atom is -0.497 e. The Morgan fingerprint density at radius 3 is 2.76 bits per heavy atom. The molecule has 1 fully saturated rings. The minimum atomic E-state index is -0.411. The molecule has 2 aliphatic heterocycles. The van der Waals surface area contributed by atoms with Gasteiger partial charge in [0, 0.05) is 5.56 Å². The van der Waals surface area contributed by atoms with Gasteiger partial charge in [-0.2, -0.15) is 0 Å². The highest BCUT2D eigenvalue weighted by molar-refractivity contribution is 6.06. The number of hydrogen-bond donors (Lipinski definition) is 0. The lowest BCUT2D eigenvalue weighted by Crippen LogP contribution is -2.19. The van der Waals surface area contributed by atoms with Crippen molar-refractivity contribution in [3.63, 3.8) is 0 Å². The standard InChI is InChI=1S/C24H26O5/c1-4-15(2)20-11-16(5-10-22(25)17-6-8-18(26-3)9-7-17)12-21-23(20)27-13-19-14-28-24(21)29-19/h5-12,15,19,24H,4,13-14H2,1-3H3/b10-5+. The van der Waals surface area contributed by atoms with Gasteiger partial charge in [-0.1, -0.05) is 19.9 Å². The average Bonchev–Trinajstić information content (AvgIpc) is 3.16. The van der Waals surface area contributed by atoms with E-state index in [-0.39, 0.29) is 11.9 Å². The summed E-state index contributed by atoms with van der Waals surface area (Å²) >= 11 is 0. The van der Waals surface area contributed by atoms with Crippen LogP contribution in [-0.2, 0) is 9.47 Å². The summed E-state index contributed by atoms with van der Waals surface area (Å²) in [6.45, 7) is 5.37. The van der Waals surface area contributed by atoms with Crippen molar-refractivity contribution in [2.45, 2.75) is 38.6 Å². The van der Waals surface area contributed by atoms with E-state index in [0.29, 0.717) is 24.7 Å². The Bertz CT molecular complexity index is 916. The Kier molecular flexibility index (Phi) is 5.69. The van der Waals surface area contributed by atoms with E-state index in [1.165, 1.54) is 0 Å². The van der Waals surface area contributed by atoms with E-state index >= 15 is 0 Å². The number of ketones is 1. The number of methoxy groups -OCH3 is 1. The van der Waals surface area contributed by atoms with Crippen molar-refractivity contribution >= 4 is 11.9 Å². The van der Waals surface area contributed by atoms with Crippen LogP contribution in [0.4, 0.5) is 0 Å². The molecule has 0 aromatic heterocycles. The second-order valence-corrected chi connectivity index (χ2v) is 7.50. The molecule has 0 aliphatic carbocycles. The molecule has 29 heavy (non-hydrogen) atoms. The van der Waals surface area contributed by atoms with E-state index in [4.69, 9.17) is 18.9 Å². The van der Waals surface area contributed by atoms with Gasteiger partial charge in [0.05, 0.1) is 19.3 Å². The molecule has 2 heterocycles. The third-order valence-electron chi connectivity index (χ3n) is 5.53. The summed E-state index contributed by atoms with van der Waals surface area (Å²) in [6, 6.07) is 11.2. The molecule has 0 radical (unpaired) electrons. The smallest absolute Gasteiger partial charge is 0.188 e. The molecule has 2 aliphatic rings. The van der Waals surface area contributed by atoms with Crippen LogP contribution in [0.25, 0.3) is 6.08 Å². The summed E-state index contributed by atoms with van der Waals surface area (Å²) < 4.78 is 23.0. The molecular weight excluding hydrogens is 368 g/mol. The molecule has 2 aromatic carbocycles. The molecule has 0 amide bonds. The van der Waals surface area contributed by atoms with Gasteiger partial charge in [-0.15, -0.1) is 0 Å². The molecule has 0 spiro atoms. The van der Waals surface area contributed by atoms with Gasteiger partial charge in [0.1, 0.15) is 24.2 Å². The Hall–Kier alpha value is -2.63. The van der Waals surface area contributed by atoms with E-state index in [1.807, 2.05) is 12.1 Å². The minimum absolute atomic E-state index is 0.0344. The Morgan fingerprint density at radius 2 is 2.03 bits per heavy atom. The van der Waals surface area contributed by atoms with E-state index in [9.17, 15) is 4.79 Å². The lowest BCUT2D eigenvalue weighted by atomic mass is 9.92. The number of fused-ring (bicyclic) bond motifs is 4. The van der Waals surface area contributed by atoms with Crippen molar-refractivity contribution in [3.8, 4) is 11.5 Å². The highest BCUT2D eigenvalue weighted by Gasteiger charge is 2.35. The molecule has 5 heteroatoms. The van der Waals surface area contributed by atoms with Gasteiger partial charge in [0.15, 0.2) is 12.1 Å². The van der Waals surface area contributed by atoms with Gasteiger partial charge in [-0.05, 0) is 65.9 Å². The summed E-state index contributed by atoms with van der Waals surface area (Å²) in [4.78, 5) is 12.6. The fourth-order valence-corrected chi connectivity index (χ4v) is 3.62. The van der Waals surface area contributed by atoms with Gasteiger partial charge in [-0.3, -0.25) is 4.79 Å². The molecule has 1 saturated heterocycles. The SMILES string of the molecule is CCC(C)c1cc(/C=C/C(=O)c2ccc(OC)cc2)cc2c1OCC1COC2O1. The third-order valence-corrected chi connectivity index (χ3v) is 5.53. The Morgan fingerprint density at radius 1 is 1.24 bits per heavy atom. The van der Waals surface area contributed by atoms with Crippen LogP contribution in [0.2, 0.25) is 0 Å². The zero-order valence-electron chi connectivity index (χ0n) is 17.0. The summed E-state index contributed by atoms with van der Waals surface area (Å²) in [5.41, 5.74) is 3.58. The van der Waals surface area contributed by atoms with Crippen LogP contribution >= 0.6 is 0 Å². The number of ether oxygens (including phenoxy) is 4. The van der Waals surface area contributed by atoms with E-state index in [0.717, 1.165) is 34.6 Å². The summed E-state index contributed by atoms with van der Waals surface area (Å²) in [5, 5.41) is 0. The van der Waals surface area contributed by atoms with Crippen LogP contribution < -0.4 is 9.47 Å².